The fraction of sp³-hybridized carbons (Fsp3) is 0.250. The lowest BCUT2D eigenvalue weighted by Gasteiger charge is -2.29. The Morgan fingerprint density at radius 3 is 2.26 bits per heavy atom. The molecule has 0 aliphatic carbocycles. The van der Waals surface area contributed by atoms with Gasteiger partial charge in [0.2, 0.25) is 0 Å². The molecule has 1 saturated heterocycles. The molecule has 2 aliphatic rings. The number of fused-ring (bicyclic) bond motifs is 1. The lowest BCUT2D eigenvalue weighted by molar-refractivity contribution is -0.192. The van der Waals surface area contributed by atoms with Crippen LogP contribution in [0.2, 0.25) is 4.34 Å². The van der Waals surface area contributed by atoms with E-state index in [1.165, 1.54) is 4.90 Å². The van der Waals surface area contributed by atoms with Crippen LogP contribution in [0.25, 0.3) is 0 Å². The van der Waals surface area contributed by atoms with Gasteiger partial charge >= 0.3 is 12.1 Å². The van der Waals surface area contributed by atoms with Crippen LogP contribution in [0, 0.1) is 5.41 Å². The summed E-state index contributed by atoms with van der Waals surface area (Å²) in [6.45, 7) is 2.84. The molecule has 10 nitrogen and oxygen atoms in total. The average Bonchev–Trinajstić information content (AvgIpc) is 3.53. The van der Waals surface area contributed by atoms with Gasteiger partial charge in [0.1, 0.15) is 5.84 Å². The quantitative estimate of drug-likeness (QED) is 0.201. The number of morpholine rings is 1. The second kappa shape index (κ2) is 13.4. The molecule has 0 atom stereocenters. The first-order valence-corrected chi connectivity index (χ1v) is 13.9. The van der Waals surface area contributed by atoms with Gasteiger partial charge in [0.15, 0.2) is 0 Å². The number of benzene rings is 2. The zero-order valence-corrected chi connectivity index (χ0v) is 23.8. The summed E-state index contributed by atoms with van der Waals surface area (Å²) < 4.78 is 37.6. The SMILES string of the molecule is N=C(c1ccc(CCN2C(=O)c3cccc(NC(=O)c4ccc(Cl)s4)c3C2=O)cc1)N1CCOCC1.O=C(O)C(F)(F)F. The normalized spacial score (nSPS) is 14.6. The number of ether oxygens (including phenoxy) is 1. The van der Waals surface area contributed by atoms with Crippen LogP contribution in [0.3, 0.4) is 0 Å². The number of alkyl halides is 3. The molecule has 5 rings (SSSR count). The molecule has 3 aromatic rings. The van der Waals surface area contributed by atoms with Gasteiger partial charge in [0.25, 0.3) is 17.7 Å². The molecule has 15 heteroatoms. The second-order valence-corrected chi connectivity index (χ2v) is 11.0. The number of hydrogen-bond acceptors (Lipinski definition) is 7. The van der Waals surface area contributed by atoms with E-state index >= 15 is 0 Å². The van der Waals surface area contributed by atoms with Crippen molar-refractivity contribution in [3.05, 3.63) is 86.1 Å². The Hall–Kier alpha value is -4.27. The number of anilines is 1. The molecule has 0 saturated carbocycles. The molecule has 0 spiro atoms. The number of hydrogen-bond donors (Lipinski definition) is 3. The lowest BCUT2D eigenvalue weighted by Crippen LogP contribution is -2.40. The third-order valence-corrected chi connectivity index (χ3v) is 7.70. The van der Waals surface area contributed by atoms with Crippen LogP contribution in [0.1, 0.15) is 41.5 Å². The molecular formula is C28H24ClF3N4O6S. The van der Waals surface area contributed by atoms with E-state index in [4.69, 9.17) is 31.6 Å². The first-order valence-electron chi connectivity index (χ1n) is 12.7. The molecule has 2 aliphatic heterocycles. The number of imide groups is 1. The van der Waals surface area contributed by atoms with Crippen LogP contribution in [-0.2, 0) is 16.0 Å². The Labute approximate surface area is 252 Å². The summed E-state index contributed by atoms with van der Waals surface area (Å²) in [6, 6.07) is 15.7. The van der Waals surface area contributed by atoms with Crippen molar-refractivity contribution < 1.29 is 42.2 Å². The maximum absolute atomic E-state index is 13.2. The van der Waals surface area contributed by atoms with E-state index in [1.807, 2.05) is 29.2 Å². The molecule has 3 N–H and O–H groups in total. The molecule has 3 heterocycles. The van der Waals surface area contributed by atoms with E-state index in [0.717, 1.165) is 22.5 Å². The monoisotopic (exact) mass is 636 g/mol. The molecule has 0 bridgehead atoms. The van der Waals surface area contributed by atoms with Crippen molar-refractivity contribution in [2.45, 2.75) is 12.6 Å². The van der Waals surface area contributed by atoms with Crippen molar-refractivity contribution in [2.75, 3.05) is 38.2 Å². The summed E-state index contributed by atoms with van der Waals surface area (Å²) in [6.07, 6.45) is -4.61. The summed E-state index contributed by atoms with van der Waals surface area (Å²) in [7, 11) is 0. The van der Waals surface area contributed by atoms with Crippen LogP contribution in [0.5, 0.6) is 0 Å². The molecule has 2 aromatic carbocycles. The minimum Gasteiger partial charge on any atom is -0.475 e. The number of halogens is 4. The highest BCUT2D eigenvalue weighted by molar-refractivity contribution is 7.18. The van der Waals surface area contributed by atoms with Gasteiger partial charge in [0, 0.05) is 25.2 Å². The van der Waals surface area contributed by atoms with E-state index < -0.39 is 18.1 Å². The highest BCUT2D eigenvalue weighted by Gasteiger charge is 2.38. The molecular weight excluding hydrogens is 613 g/mol. The van der Waals surface area contributed by atoms with E-state index in [-0.39, 0.29) is 29.5 Å². The maximum atomic E-state index is 13.2. The minimum absolute atomic E-state index is 0.202. The second-order valence-electron chi connectivity index (χ2n) is 9.25. The van der Waals surface area contributed by atoms with Gasteiger partial charge in [-0.2, -0.15) is 13.2 Å². The van der Waals surface area contributed by atoms with Crippen LogP contribution in [0.15, 0.2) is 54.6 Å². The molecule has 0 radical (unpaired) electrons. The zero-order chi connectivity index (χ0) is 31.3. The topological polar surface area (TPSA) is 140 Å². The third kappa shape index (κ3) is 7.58. The van der Waals surface area contributed by atoms with Gasteiger partial charge in [-0.3, -0.25) is 24.7 Å². The highest BCUT2D eigenvalue weighted by Crippen LogP contribution is 2.31. The van der Waals surface area contributed by atoms with E-state index in [2.05, 4.69) is 5.32 Å². The first kappa shape index (κ1) is 31.7. The van der Waals surface area contributed by atoms with Gasteiger partial charge in [0.05, 0.1) is 39.2 Å². The Morgan fingerprint density at radius 2 is 1.67 bits per heavy atom. The lowest BCUT2D eigenvalue weighted by atomic mass is 10.1. The number of thiophene rings is 1. The molecule has 3 amide bonds. The van der Waals surface area contributed by atoms with Crippen molar-refractivity contribution in [3.63, 3.8) is 0 Å². The van der Waals surface area contributed by atoms with Crippen molar-refractivity contribution in [1.29, 1.82) is 5.41 Å². The highest BCUT2D eigenvalue weighted by atomic mass is 35.5. The smallest absolute Gasteiger partial charge is 0.475 e. The van der Waals surface area contributed by atoms with Crippen molar-refractivity contribution in [2.24, 2.45) is 0 Å². The van der Waals surface area contributed by atoms with Gasteiger partial charge in [-0.15, -0.1) is 11.3 Å². The predicted octanol–water partition coefficient (Wildman–Crippen LogP) is 4.78. The number of carbonyl (C=O) groups is 4. The van der Waals surface area contributed by atoms with Crippen molar-refractivity contribution in [1.82, 2.24) is 9.80 Å². The van der Waals surface area contributed by atoms with Gasteiger partial charge in [-0.1, -0.05) is 41.9 Å². The number of carbonyl (C=O) groups excluding carboxylic acids is 3. The number of amides is 3. The van der Waals surface area contributed by atoms with Gasteiger partial charge in [-0.05, 0) is 36.2 Å². The standard InChI is InChI=1S/C26H23ClN4O4S.C2HF3O2/c27-21-9-8-20(36-21)24(32)29-19-3-1-2-18-22(19)26(34)31(25(18)33)11-10-16-4-6-17(7-5-16)23(28)30-12-14-35-15-13-30;3-2(4,5)1(6)7/h1-9,28H,10-15H2,(H,29,32);(H,6,7). The Kier molecular flexibility index (Phi) is 9.84. The van der Waals surface area contributed by atoms with E-state index in [1.54, 1.807) is 30.3 Å². The summed E-state index contributed by atoms with van der Waals surface area (Å²) in [5.74, 6) is -3.49. The molecule has 1 fully saturated rings. The number of carboxylic acid groups (broad SMARTS) is 1. The minimum atomic E-state index is -5.08. The van der Waals surface area contributed by atoms with Gasteiger partial charge in [-0.25, -0.2) is 4.79 Å². The number of carboxylic acids is 1. The number of rotatable bonds is 6. The van der Waals surface area contributed by atoms with Crippen molar-refractivity contribution in [3.8, 4) is 0 Å². The fourth-order valence-corrected chi connectivity index (χ4v) is 5.24. The Balaban J connectivity index is 0.000000541. The van der Waals surface area contributed by atoms with E-state index in [9.17, 15) is 27.6 Å². The molecule has 226 valence electrons. The first-order chi connectivity index (χ1) is 20.4. The van der Waals surface area contributed by atoms with Crippen LogP contribution in [-0.4, -0.2) is 83.5 Å². The number of nitrogens with one attached hydrogen (secondary N) is 2. The molecule has 0 unspecified atom stereocenters. The van der Waals surface area contributed by atoms with Crippen LogP contribution < -0.4 is 5.32 Å². The zero-order valence-electron chi connectivity index (χ0n) is 22.2. The summed E-state index contributed by atoms with van der Waals surface area (Å²) in [4.78, 5) is 51.3. The predicted molar refractivity (Wildman–Crippen MR) is 152 cm³/mol. The number of nitrogens with zero attached hydrogens (tertiary/aromatic N) is 2. The largest absolute Gasteiger partial charge is 0.490 e. The van der Waals surface area contributed by atoms with Crippen LogP contribution >= 0.6 is 22.9 Å². The summed E-state index contributed by atoms with van der Waals surface area (Å²) >= 11 is 7.06. The maximum Gasteiger partial charge on any atom is 0.490 e. The summed E-state index contributed by atoms with van der Waals surface area (Å²) in [5.41, 5.74) is 2.54. The average molecular weight is 637 g/mol. The fourth-order valence-electron chi connectivity index (χ4n) is 4.30. The Bertz CT molecular complexity index is 1550. The Morgan fingerprint density at radius 1 is 1.02 bits per heavy atom. The van der Waals surface area contributed by atoms with Gasteiger partial charge < -0.3 is 20.1 Å². The van der Waals surface area contributed by atoms with Crippen LogP contribution in [0.4, 0.5) is 18.9 Å². The number of amidine groups is 1. The molecule has 1 aromatic heterocycles. The molecule has 43 heavy (non-hydrogen) atoms. The van der Waals surface area contributed by atoms with E-state index in [0.29, 0.717) is 53.5 Å². The number of aliphatic carboxylic acids is 1. The third-order valence-electron chi connectivity index (χ3n) is 6.47. The van der Waals surface area contributed by atoms with Crippen molar-refractivity contribution >= 4 is 58.2 Å². The summed E-state index contributed by atoms with van der Waals surface area (Å²) in [5, 5.41) is 18.3.